The SMILES string of the molecule is CCCCC(CC)COCCCOc1cccc(N)c1. The number of hydrogen-bond acceptors (Lipinski definition) is 3. The maximum Gasteiger partial charge on any atom is 0.121 e. The average molecular weight is 279 g/mol. The summed E-state index contributed by atoms with van der Waals surface area (Å²) in [7, 11) is 0. The molecule has 3 heteroatoms. The lowest BCUT2D eigenvalue weighted by Crippen LogP contribution is -2.11. The Balaban J connectivity index is 2.04. The molecule has 0 aliphatic rings. The minimum atomic E-state index is 0.676. The van der Waals surface area contributed by atoms with Crippen molar-refractivity contribution in [2.24, 2.45) is 5.92 Å². The first-order chi connectivity index (χ1) is 9.76. The van der Waals surface area contributed by atoms with Crippen LogP contribution in [0.2, 0.25) is 0 Å². The van der Waals surface area contributed by atoms with E-state index in [1.807, 2.05) is 24.3 Å². The van der Waals surface area contributed by atoms with E-state index in [4.69, 9.17) is 15.2 Å². The normalized spacial score (nSPS) is 12.3. The molecule has 0 aromatic heterocycles. The summed E-state index contributed by atoms with van der Waals surface area (Å²) < 4.78 is 11.4. The van der Waals surface area contributed by atoms with Crippen molar-refractivity contribution in [1.82, 2.24) is 0 Å². The van der Waals surface area contributed by atoms with Crippen LogP contribution in [0.3, 0.4) is 0 Å². The molecule has 3 nitrogen and oxygen atoms in total. The predicted molar refractivity (Wildman–Crippen MR) is 85.1 cm³/mol. The van der Waals surface area contributed by atoms with Gasteiger partial charge in [-0.15, -0.1) is 0 Å². The summed E-state index contributed by atoms with van der Waals surface area (Å²) in [6.07, 6.45) is 5.98. The van der Waals surface area contributed by atoms with Crippen molar-refractivity contribution >= 4 is 5.69 Å². The largest absolute Gasteiger partial charge is 0.493 e. The third-order valence-corrected chi connectivity index (χ3v) is 3.46. The molecule has 1 aromatic carbocycles. The first-order valence-electron chi connectivity index (χ1n) is 7.82. The summed E-state index contributed by atoms with van der Waals surface area (Å²) >= 11 is 0. The quantitative estimate of drug-likeness (QED) is 0.486. The molecule has 1 aromatic rings. The summed E-state index contributed by atoms with van der Waals surface area (Å²) in [5.41, 5.74) is 6.43. The van der Waals surface area contributed by atoms with Crippen molar-refractivity contribution in [2.75, 3.05) is 25.6 Å². The smallest absolute Gasteiger partial charge is 0.121 e. The Bertz CT molecular complexity index is 355. The first kappa shape index (κ1) is 16.8. The van der Waals surface area contributed by atoms with Gasteiger partial charge in [-0.1, -0.05) is 39.2 Å². The van der Waals surface area contributed by atoms with Gasteiger partial charge in [-0.2, -0.15) is 0 Å². The van der Waals surface area contributed by atoms with E-state index >= 15 is 0 Å². The minimum absolute atomic E-state index is 0.676. The van der Waals surface area contributed by atoms with Gasteiger partial charge in [0.15, 0.2) is 0 Å². The van der Waals surface area contributed by atoms with Gasteiger partial charge in [0.1, 0.15) is 5.75 Å². The molecule has 114 valence electrons. The number of ether oxygens (including phenoxy) is 2. The molecule has 0 bridgehead atoms. The molecule has 0 radical (unpaired) electrons. The van der Waals surface area contributed by atoms with Crippen LogP contribution in [-0.4, -0.2) is 19.8 Å². The van der Waals surface area contributed by atoms with Gasteiger partial charge < -0.3 is 15.2 Å². The van der Waals surface area contributed by atoms with Gasteiger partial charge in [0.05, 0.1) is 6.61 Å². The zero-order chi connectivity index (χ0) is 14.6. The molecular weight excluding hydrogens is 250 g/mol. The van der Waals surface area contributed by atoms with E-state index in [1.165, 1.54) is 25.7 Å². The number of rotatable bonds is 11. The lowest BCUT2D eigenvalue weighted by molar-refractivity contribution is 0.0842. The second kappa shape index (κ2) is 10.6. The van der Waals surface area contributed by atoms with E-state index in [1.54, 1.807) is 0 Å². The lowest BCUT2D eigenvalue weighted by atomic mass is 10.0. The minimum Gasteiger partial charge on any atom is -0.493 e. The van der Waals surface area contributed by atoms with Gasteiger partial charge in [-0.3, -0.25) is 0 Å². The monoisotopic (exact) mass is 279 g/mol. The van der Waals surface area contributed by atoms with Crippen molar-refractivity contribution in [3.63, 3.8) is 0 Å². The van der Waals surface area contributed by atoms with Crippen LogP contribution < -0.4 is 10.5 Å². The molecule has 0 heterocycles. The van der Waals surface area contributed by atoms with Crippen molar-refractivity contribution in [3.05, 3.63) is 24.3 Å². The van der Waals surface area contributed by atoms with Crippen LogP contribution in [0.25, 0.3) is 0 Å². The van der Waals surface area contributed by atoms with E-state index in [9.17, 15) is 0 Å². The molecule has 1 atom stereocenters. The number of anilines is 1. The highest BCUT2D eigenvalue weighted by Gasteiger charge is 2.05. The molecule has 0 saturated heterocycles. The fourth-order valence-electron chi connectivity index (χ4n) is 2.10. The molecule has 0 saturated carbocycles. The number of nitrogen functional groups attached to an aromatic ring is 1. The van der Waals surface area contributed by atoms with Crippen LogP contribution in [0.5, 0.6) is 5.75 Å². The van der Waals surface area contributed by atoms with Gasteiger partial charge in [-0.25, -0.2) is 0 Å². The van der Waals surface area contributed by atoms with Crippen molar-refractivity contribution < 1.29 is 9.47 Å². The predicted octanol–water partition coefficient (Wildman–Crippen LogP) is 4.27. The van der Waals surface area contributed by atoms with Crippen LogP contribution in [0.4, 0.5) is 5.69 Å². The Labute approximate surface area is 123 Å². The fourth-order valence-corrected chi connectivity index (χ4v) is 2.10. The zero-order valence-electron chi connectivity index (χ0n) is 12.9. The Hall–Kier alpha value is -1.22. The molecule has 0 amide bonds. The number of benzene rings is 1. The van der Waals surface area contributed by atoms with Crippen LogP contribution in [0, 0.1) is 5.92 Å². The third kappa shape index (κ3) is 7.39. The van der Waals surface area contributed by atoms with Crippen LogP contribution >= 0.6 is 0 Å². The molecule has 0 spiro atoms. The second-order valence-corrected chi connectivity index (χ2v) is 5.27. The summed E-state index contributed by atoms with van der Waals surface area (Å²) in [4.78, 5) is 0. The average Bonchev–Trinajstić information content (AvgIpc) is 2.46. The van der Waals surface area contributed by atoms with Gasteiger partial charge in [0.2, 0.25) is 0 Å². The van der Waals surface area contributed by atoms with Crippen molar-refractivity contribution in [3.8, 4) is 5.75 Å². The summed E-state index contributed by atoms with van der Waals surface area (Å²) in [6.45, 7) is 6.81. The van der Waals surface area contributed by atoms with Crippen LogP contribution in [0.15, 0.2) is 24.3 Å². The maximum atomic E-state index is 5.74. The standard InChI is InChI=1S/C17H29NO2/c1-3-5-8-15(4-2)14-19-11-7-12-20-17-10-6-9-16(18)13-17/h6,9-10,13,15H,3-5,7-8,11-12,14,18H2,1-2H3. The number of nitrogens with two attached hydrogens (primary N) is 1. The second-order valence-electron chi connectivity index (χ2n) is 5.27. The Morgan fingerprint density at radius 1 is 1.15 bits per heavy atom. The number of unbranched alkanes of at least 4 members (excludes halogenated alkanes) is 1. The highest BCUT2D eigenvalue weighted by Crippen LogP contribution is 2.15. The van der Waals surface area contributed by atoms with Crippen LogP contribution in [-0.2, 0) is 4.74 Å². The van der Waals surface area contributed by atoms with Gasteiger partial charge in [-0.05, 0) is 24.5 Å². The molecule has 1 rings (SSSR count). The van der Waals surface area contributed by atoms with E-state index in [2.05, 4.69) is 13.8 Å². The van der Waals surface area contributed by atoms with E-state index in [-0.39, 0.29) is 0 Å². The van der Waals surface area contributed by atoms with E-state index < -0.39 is 0 Å². The Kier molecular flexibility index (Phi) is 8.88. The molecular formula is C17H29NO2. The third-order valence-electron chi connectivity index (χ3n) is 3.46. The Morgan fingerprint density at radius 2 is 2.00 bits per heavy atom. The zero-order valence-corrected chi connectivity index (χ0v) is 12.9. The van der Waals surface area contributed by atoms with Gasteiger partial charge in [0, 0.05) is 31.4 Å². The Morgan fingerprint density at radius 3 is 2.70 bits per heavy atom. The summed E-state index contributed by atoms with van der Waals surface area (Å²) in [5, 5.41) is 0. The topological polar surface area (TPSA) is 44.5 Å². The lowest BCUT2D eigenvalue weighted by Gasteiger charge is -2.14. The molecule has 20 heavy (non-hydrogen) atoms. The highest BCUT2D eigenvalue weighted by molar-refractivity contribution is 5.43. The summed E-state index contributed by atoms with van der Waals surface area (Å²) in [5.74, 6) is 1.55. The molecule has 0 aliphatic carbocycles. The van der Waals surface area contributed by atoms with Gasteiger partial charge in [0.25, 0.3) is 0 Å². The maximum absolute atomic E-state index is 5.74. The van der Waals surface area contributed by atoms with E-state index in [0.717, 1.165) is 31.1 Å². The molecule has 1 unspecified atom stereocenters. The van der Waals surface area contributed by atoms with Crippen molar-refractivity contribution in [2.45, 2.75) is 46.0 Å². The highest BCUT2D eigenvalue weighted by atomic mass is 16.5. The molecule has 2 N–H and O–H groups in total. The van der Waals surface area contributed by atoms with E-state index in [0.29, 0.717) is 12.5 Å². The molecule has 0 aliphatic heterocycles. The van der Waals surface area contributed by atoms with Crippen LogP contribution in [0.1, 0.15) is 46.0 Å². The summed E-state index contributed by atoms with van der Waals surface area (Å²) in [6, 6.07) is 7.53. The fraction of sp³-hybridized carbons (Fsp3) is 0.647. The van der Waals surface area contributed by atoms with Crippen molar-refractivity contribution in [1.29, 1.82) is 0 Å². The van der Waals surface area contributed by atoms with Gasteiger partial charge >= 0.3 is 0 Å². The number of hydrogen-bond donors (Lipinski definition) is 1. The molecule has 0 fully saturated rings. The first-order valence-corrected chi connectivity index (χ1v) is 7.82.